The van der Waals surface area contributed by atoms with Crippen LogP contribution >= 0.6 is 12.4 Å². The molecule has 1 aliphatic rings. The Balaban J connectivity index is 0.00000169. The Kier molecular flexibility index (Phi) is 4.83. The first kappa shape index (κ1) is 16.5. The van der Waals surface area contributed by atoms with Gasteiger partial charge in [-0.2, -0.15) is 5.10 Å². The Morgan fingerprint density at radius 2 is 1.79 bits per heavy atom. The highest BCUT2D eigenvalue weighted by molar-refractivity contribution is 5.85. The standard InChI is InChI=1S/C18H18N4O.ClH/c1-23-15-4-2-14(3-5-15)18-17(13-6-8-19-9-7-13)16-12-20-10-11-22(16)21-18;/h2-9,20H,10-12H2,1H3;1H. The Morgan fingerprint density at radius 1 is 1.04 bits per heavy atom. The third-order valence-corrected chi connectivity index (χ3v) is 4.18. The Labute approximate surface area is 147 Å². The molecular weight excluding hydrogens is 324 g/mol. The summed E-state index contributed by atoms with van der Waals surface area (Å²) in [6.45, 7) is 2.68. The third-order valence-electron chi connectivity index (χ3n) is 4.18. The van der Waals surface area contributed by atoms with E-state index in [0.717, 1.165) is 42.2 Å². The molecule has 0 spiro atoms. The van der Waals surface area contributed by atoms with E-state index >= 15 is 0 Å². The van der Waals surface area contributed by atoms with Crippen LogP contribution in [0.25, 0.3) is 22.4 Å². The summed E-state index contributed by atoms with van der Waals surface area (Å²) in [5.74, 6) is 0.852. The number of halogens is 1. The molecule has 0 saturated carbocycles. The largest absolute Gasteiger partial charge is 0.497 e. The molecule has 0 radical (unpaired) electrons. The summed E-state index contributed by atoms with van der Waals surface area (Å²) in [7, 11) is 1.68. The number of nitrogens with zero attached hydrogens (tertiary/aromatic N) is 3. The van der Waals surface area contributed by atoms with E-state index < -0.39 is 0 Å². The van der Waals surface area contributed by atoms with Gasteiger partial charge in [-0.15, -0.1) is 12.4 Å². The molecule has 1 aliphatic heterocycles. The average Bonchev–Trinajstić information content (AvgIpc) is 3.02. The van der Waals surface area contributed by atoms with Gasteiger partial charge in [0.2, 0.25) is 0 Å². The van der Waals surface area contributed by atoms with Crippen molar-refractivity contribution in [2.24, 2.45) is 0 Å². The highest BCUT2D eigenvalue weighted by Crippen LogP contribution is 2.35. The first-order chi connectivity index (χ1) is 11.4. The molecule has 0 saturated heterocycles. The zero-order valence-corrected chi connectivity index (χ0v) is 14.2. The van der Waals surface area contributed by atoms with Gasteiger partial charge in [-0.05, 0) is 42.0 Å². The molecule has 1 N–H and O–H groups in total. The maximum atomic E-state index is 5.26. The lowest BCUT2D eigenvalue weighted by atomic mass is 9.99. The van der Waals surface area contributed by atoms with Crippen LogP contribution in [-0.2, 0) is 13.1 Å². The number of benzene rings is 1. The first-order valence-electron chi connectivity index (χ1n) is 7.72. The molecule has 6 heteroatoms. The molecule has 0 bridgehead atoms. The lowest BCUT2D eigenvalue weighted by Crippen LogP contribution is -2.28. The van der Waals surface area contributed by atoms with Gasteiger partial charge in [-0.3, -0.25) is 9.67 Å². The van der Waals surface area contributed by atoms with Crippen LogP contribution < -0.4 is 10.1 Å². The van der Waals surface area contributed by atoms with Gasteiger partial charge in [0.1, 0.15) is 11.4 Å². The van der Waals surface area contributed by atoms with Gasteiger partial charge in [-0.1, -0.05) is 0 Å². The molecule has 0 atom stereocenters. The van der Waals surface area contributed by atoms with Crippen molar-refractivity contribution in [3.63, 3.8) is 0 Å². The molecule has 1 aromatic carbocycles. The van der Waals surface area contributed by atoms with Crippen LogP contribution in [0.5, 0.6) is 5.75 Å². The molecule has 5 nitrogen and oxygen atoms in total. The van der Waals surface area contributed by atoms with E-state index in [2.05, 4.69) is 27.1 Å². The third kappa shape index (κ3) is 2.88. The molecule has 24 heavy (non-hydrogen) atoms. The predicted molar refractivity (Wildman–Crippen MR) is 96.4 cm³/mol. The summed E-state index contributed by atoms with van der Waals surface area (Å²) in [6, 6.07) is 12.2. The van der Waals surface area contributed by atoms with Gasteiger partial charge in [0.25, 0.3) is 0 Å². The number of hydrogen-bond acceptors (Lipinski definition) is 4. The molecule has 0 amide bonds. The van der Waals surface area contributed by atoms with Crippen LogP contribution in [0.2, 0.25) is 0 Å². The van der Waals surface area contributed by atoms with Gasteiger partial charge >= 0.3 is 0 Å². The minimum absolute atomic E-state index is 0. The minimum Gasteiger partial charge on any atom is -0.497 e. The van der Waals surface area contributed by atoms with Crippen LogP contribution in [0.15, 0.2) is 48.8 Å². The lowest BCUT2D eigenvalue weighted by Gasteiger charge is -2.16. The van der Waals surface area contributed by atoms with Crippen molar-refractivity contribution >= 4 is 12.4 Å². The average molecular weight is 343 g/mol. The van der Waals surface area contributed by atoms with Crippen LogP contribution in [0.1, 0.15) is 5.69 Å². The molecule has 4 rings (SSSR count). The number of ether oxygens (including phenoxy) is 1. The fourth-order valence-corrected chi connectivity index (χ4v) is 3.03. The van der Waals surface area contributed by atoms with Gasteiger partial charge in [0.05, 0.1) is 19.3 Å². The fourth-order valence-electron chi connectivity index (χ4n) is 3.03. The topological polar surface area (TPSA) is 52.0 Å². The van der Waals surface area contributed by atoms with Crippen LogP contribution in [0.4, 0.5) is 0 Å². The summed E-state index contributed by atoms with van der Waals surface area (Å²) in [6.07, 6.45) is 3.65. The summed E-state index contributed by atoms with van der Waals surface area (Å²) >= 11 is 0. The van der Waals surface area contributed by atoms with E-state index in [1.807, 2.05) is 36.7 Å². The van der Waals surface area contributed by atoms with E-state index in [1.54, 1.807) is 7.11 Å². The molecule has 0 unspecified atom stereocenters. The van der Waals surface area contributed by atoms with E-state index in [-0.39, 0.29) is 12.4 Å². The second-order valence-electron chi connectivity index (χ2n) is 5.53. The molecule has 2 aromatic heterocycles. The second kappa shape index (κ2) is 7.03. The minimum atomic E-state index is 0. The van der Waals surface area contributed by atoms with Crippen molar-refractivity contribution in [1.82, 2.24) is 20.1 Å². The Morgan fingerprint density at radius 3 is 2.50 bits per heavy atom. The lowest BCUT2D eigenvalue weighted by molar-refractivity contribution is 0.415. The molecule has 0 fully saturated rings. The van der Waals surface area contributed by atoms with Gasteiger partial charge < -0.3 is 10.1 Å². The normalized spacial score (nSPS) is 13.0. The number of hydrogen-bond donors (Lipinski definition) is 1. The van der Waals surface area contributed by atoms with E-state index in [0.29, 0.717) is 0 Å². The number of rotatable bonds is 3. The van der Waals surface area contributed by atoms with Crippen molar-refractivity contribution in [1.29, 1.82) is 0 Å². The molecular formula is C18H19ClN4O. The summed E-state index contributed by atoms with van der Waals surface area (Å²) in [5.41, 5.74) is 5.67. The summed E-state index contributed by atoms with van der Waals surface area (Å²) < 4.78 is 7.37. The number of fused-ring (bicyclic) bond motifs is 1. The molecule has 0 aliphatic carbocycles. The zero-order valence-electron chi connectivity index (χ0n) is 13.4. The van der Waals surface area contributed by atoms with Crippen molar-refractivity contribution in [3.8, 4) is 28.1 Å². The fraction of sp³-hybridized carbons (Fsp3) is 0.222. The van der Waals surface area contributed by atoms with Gasteiger partial charge in [0.15, 0.2) is 0 Å². The Hall–Kier alpha value is -2.37. The van der Waals surface area contributed by atoms with Gasteiger partial charge in [-0.25, -0.2) is 0 Å². The SMILES string of the molecule is COc1ccc(-c2nn3c(c2-c2ccncc2)CNCC3)cc1.Cl. The van der Waals surface area contributed by atoms with Crippen molar-refractivity contribution in [2.45, 2.75) is 13.1 Å². The van der Waals surface area contributed by atoms with E-state index in [9.17, 15) is 0 Å². The first-order valence-corrected chi connectivity index (χ1v) is 7.72. The molecule has 3 aromatic rings. The number of aromatic nitrogens is 3. The number of methoxy groups -OCH3 is 1. The highest BCUT2D eigenvalue weighted by Gasteiger charge is 2.22. The highest BCUT2D eigenvalue weighted by atomic mass is 35.5. The monoisotopic (exact) mass is 342 g/mol. The molecule has 124 valence electrons. The van der Waals surface area contributed by atoms with Crippen LogP contribution in [-0.4, -0.2) is 28.4 Å². The summed E-state index contributed by atoms with van der Waals surface area (Å²) in [4.78, 5) is 4.13. The second-order valence-corrected chi connectivity index (χ2v) is 5.53. The zero-order chi connectivity index (χ0) is 15.6. The van der Waals surface area contributed by atoms with Crippen LogP contribution in [0, 0.1) is 0 Å². The van der Waals surface area contributed by atoms with Crippen LogP contribution in [0.3, 0.4) is 0 Å². The van der Waals surface area contributed by atoms with Crippen molar-refractivity contribution in [2.75, 3.05) is 13.7 Å². The van der Waals surface area contributed by atoms with Crippen molar-refractivity contribution in [3.05, 3.63) is 54.5 Å². The Bertz CT molecular complexity index is 815. The molecule has 3 heterocycles. The summed E-state index contributed by atoms with van der Waals surface area (Å²) in [5, 5.41) is 8.31. The predicted octanol–water partition coefficient (Wildman–Crippen LogP) is 3.15. The van der Waals surface area contributed by atoms with Crippen molar-refractivity contribution < 1.29 is 4.74 Å². The smallest absolute Gasteiger partial charge is 0.118 e. The van der Waals surface area contributed by atoms with Gasteiger partial charge in [0, 0.05) is 36.6 Å². The van der Waals surface area contributed by atoms with E-state index in [1.165, 1.54) is 11.3 Å². The maximum absolute atomic E-state index is 5.26. The number of pyridine rings is 1. The maximum Gasteiger partial charge on any atom is 0.118 e. The number of nitrogens with one attached hydrogen (secondary N) is 1. The van der Waals surface area contributed by atoms with E-state index in [4.69, 9.17) is 9.84 Å². The quantitative estimate of drug-likeness (QED) is 0.794.